The van der Waals surface area contributed by atoms with Crippen molar-refractivity contribution in [1.82, 2.24) is 14.6 Å². The molecular formula is C18H21F3N5+. The molecule has 8 heteroatoms. The van der Waals surface area contributed by atoms with Gasteiger partial charge in [-0.1, -0.05) is 30.3 Å². The molecule has 2 aromatic heterocycles. The average Bonchev–Trinajstić information content (AvgIpc) is 2.95. The van der Waals surface area contributed by atoms with E-state index in [1.165, 1.54) is 9.42 Å². The summed E-state index contributed by atoms with van der Waals surface area (Å²) in [6.45, 7) is 3.20. The number of alkyl halides is 3. The van der Waals surface area contributed by atoms with Crippen LogP contribution in [-0.2, 0) is 6.18 Å². The van der Waals surface area contributed by atoms with E-state index in [4.69, 9.17) is 0 Å². The van der Waals surface area contributed by atoms with Crippen molar-refractivity contribution in [2.24, 2.45) is 0 Å². The second kappa shape index (κ2) is 6.95. The van der Waals surface area contributed by atoms with Crippen LogP contribution >= 0.6 is 0 Å². The van der Waals surface area contributed by atoms with E-state index < -0.39 is 11.9 Å². The van der Waals surface area contributed by atoms with Crippen molar-refractivity contribution in [2.75, 3.05) is 32.5 Å². The van der Waals surface area contributed by atoms with Gasteiger partial charge in [-0.3, -0.25) is 0 Å². The molecule has 5 nitrogen and oxygen atoms in total. The highest BCUT2D eigenvalue weighted by Gasteiger charge is 2.39. The number of halogens is 3. The van der Waals surface area contributed by atoms with Crippen LogP contribution in [0.2, 0.25) is 0 Å². The first-order valence-corrected chi connectivity index (χ1v) is 8.33. The number of likely N-dealkylation sites (N-methyl/N-ethyl adjacent to an activating group) is 1. The molecule has 26 heavy (non-hydrogen) atoms. The number of benzene rings is 1. The molecule has 0 radical (unpaired) electrons. The minimum Gasteiger partial charge on any atom is -0.364 e. The van der Waals surface area contributed by atoms with Gasteiger partial charge in [0.1, 0.15) is 5.82 Å². The van der Waals surface area contributed by atoms with E-state index in [9.17, 15) is 13.2 Å². The second-order valence-corrected chi connectivity index (χ2v) is 6.49. The minimum atomic E-state index is -4.57. The molecule has 0 aliphatic rings. The zero-order chi connectivity index (χ0) is 18.9. The quantitative estimate of drug-likeness (QED) is 0.730. The Balaban J connectivity index is 2.20. The first-order valence-electron chi connectivity index (χ1n) is 8.33. The number of nitrogens with zero attached hydrogens (tertiary/aromatic N) is 3. The Labute approximate surface area is 149 Å². The number of hydrogen-bond acceptors (Lipinski definition) is 3. The Bertz CT molecular complexity index is 901. The number of anilines is 1. The Hall–Kier alpha value is -2.61. The molecule has 0 spiro atoms. The summed E-state index contributed by atoms with van der Waals surface area (Å²) in [5.41, 5.74) is 0.342. The van der Waals surface area contributed by atoms with Gasteiger partial charge in [0.2, 0.25) is 0 Å². The van der Waals surface area contributed by atoms with E-state index in [2.05, 4.69) is 15.4 Å². The van der Waals surface area contributed by atoms with Crippen molar-refractivity contribution in [3.63, 3.8) is 0 Å². The van der Waals surface area contributed by atoms with E-state index in [-0.39, 0.29) is 11.2 Å². The Morgan fingerprint density at radius 2 is 1.85 bits per heavy atom. The predicted octanol–water partition coefficient (Wildman–Crippen LogP) is 2.28. The minimum absolute atomic E-state index is 0.00286. The number of fused-ring (bicyclic) bond motifs is 1. The molecule has 2 N–H and O–H groups in total. The van der Waals surface area contributed by atoms with Crippen molar-refractivity contribution >= 4 is 11.5 Å². The molecule has 0 unspecified atom stereocenters. The molecule has 0 bridgehead atoms. The van der Waals surface area contributed by atoms with Crippen LogP contribution in [0.1, 0.15) is 11.4 Å². The van der Waals surface area contributed by atoms with E-state index in [1.807, 2.05) is 14.1 Å². The number of hydrogen-bond donors (Lipinski definition) is 2. The lowest BCUT2D eigenvalue weighted by Gasteiger charge is -2.11. The highest BCUT2D eigenvalue weighted by atomic mass is 19.4. The van der Waals surface area contributed by atoms with Gasteiger partial charge in [0, 0.05) is 11.8 Å². The Kier molecular flexibility index (Phi) is 4.86. The molecule has 0 saturated heterocycles. The van der Waals surface area contributed by atoms with E-state index >= 15 is 0 Å². The Morgan fingerprint density at radius 3 is 2.46 bits per heavy atom. The fourth-order valence-electron chi connectivity index (χ4n) is 2.77. The number of nitrogens with one attached hydrogen (secondary N) is 2. The van der Waals surface area contributed by atoms with Crippen molar-refractivity contribution in [3.05, 3.63) is 47.8 Å². The van der Waals surface area contributed by atoms with Crippen molar-refractivity contribution in [1.29, 1.82) is 0 Å². The van der Waals surface area contributed by atoms with Crippen LogP contribution in [0.3, 0.4) is 0 Å². The second-order valence-electron chi connectivity index (χ2n) is 6.49. The van der Waals surface area contributed by atoms with Crippen LogP contribution in [0.15, 0.2) is 36.4 Å². The first kappa shape index (κ1) is 18.2. The third kappa shape index (κ3) is 3.65. The number of aryl methyl sites for hydroxylation is 1. The summed E-state index contributed by atoms with van der Waals surface area (Å²) in [5, 5.41) is 7.03. The van der Waals surface area contributed by atoms with Gasteiger partial charge < -0.3 is 10.2 Å². The normalized spacial score (nSPS) is 12.1. The summed E-state index contributed by atoms with van der Waals surface area (Å²) < 4.78 is 42.2. The van der Waals surface area contributed by atoms with Gasteiger partial charge in [-0.2, -0.15) is 22.8 Å². The zero-order valence-electron chi connectivity index (χ0n) is 14.9. The summed E-state index contributed by atoms with van der Waals surface area (Å²) in [5.74, 6) is 0.501. The van der Waals surface area contributed by atoms with Gasteiger partial charge in [-0.25, -0.2) is 4.98 Å². The smallest absolute Gasteiger partial charge is 0.364 e. The average molecular weight is 364 g/mol. The summed E-state index contributed by atoms with van der Waals surface area (Å²) in [6.07, 6.45) is -4.57. The molecule has 0 fully saturated rings. The third-order valence-electron chi connectivity index (χ3n) is 3.98. The molecule has 0 saturated carbocycles. The summed E-state index contributed by atoms with van der Waals surface area (Å²) >= 11 is 0. The lowest BCUT2D eigenvalue weighted by Crippen LogP contribution is -3.06. The molecule has 3 aromatic rings. The van der Waals surface area contributed by atoms with Gasteiger partial charge in [0.25, 0.3) is 0 Å². The molecule has 0 aliphatic carbocycles. The Morgan fingerprint density at radius 1 is 1.15 bits per heavy atom. The third-order valence-corrected chi connectivity index (χ3v) is 3.98. The van der Waals surface area contributed by atoms with Crippen molar-refractivity contribution in [2.45, 2.75) is 13.1 Å². The maximum absolute atomic E-state index is 13.6. The van der Waals surface area contributed by atoms with E-state index in [0.717, 1.165) is 6.54 Å². The molecule has 0 aliphatic heterocycles. The van der Waals surface area contributed by atoms with Crippen LogP contribution in [0.4, 0.5) is 19.0 Å². The highest BCUT2D eigenvalue weighted by Crippen LogP contribution is 2.39. The van der Waals surface area contributed by atoms with Crippen LogP contribution < -0.4 is 10.2 Å². The molecule has 3 rings (SSSR count). The van der Waals surface area contributed by atoms with Crippen LogP contribution in [-0.4, -0.2) is 41.8 Å². The predicted molar refractivity (Wildman–Crippen MR) is 94.3 cm³/mol. The number of aromatic nitrogens is 3. The summed E-state index contributed by atoms with van der Waals surface area (Å²) in [7, 11) is 4.02. The lowest BCUT2D eigenvalue weighted by atomic mass is 10.1. The van der Waals surface area contributed by atoms with Crippen molar-refractivity contribution in [3.8, 4) is 11.1 Å². The van der Waals surface area contributed by atoms with Crippen LogP contribution in [0, 0.1) is 6.92 Å². The maximum atomic E-state index is 13.6. The van der Waals surface area contributed by atoms with E-state index in [1.54, 1.807) is 43.3 Å². The fraction of sp³-hybridized carbons (Fsp3) is 0.333. The molecular weight excluding hydrogens is 343 g/mol. The molecule has 1 aromatic carbocycles. The van der Waals surface area contributed by atoms with Crippen LogP contribution in [0.25, 0.3) is 16.8 Å². The van der Waals surface area contributed by atoms with Gasteiger partial charge >= 0.3 is 6.18 Å². The molecule has 2 heterocycles. The number of rotatable bonds is 5. The van der Waals surface area contributed by atoms with Gasteiger partial charge in [-0.15, -0.1) is 0 Å². The van der Waals surface area contributed by atoms with Crippen LogP contribution in [0.5, 0.6) is 0 Å². The van der Waals surface area contributed by atoms with Gasteiger partial charge in [-0.05, 0) is 12.5 Å². The molecule has 138 valence electrons. The summed E-state index contributed by atoms with van der Waals surface area (Å²) in [6, 6.07) is 10.1. The first-order chi connectivity index (χ1) is 12.3. The molecule has 0 amide bonds. The standard InChI is InChI=1S/C18H20F3N5/c1-12-11-14(22-9-10-25(2)3)26-17(23-12)15(13-7-5-4-6-8-13)16(24-26)18(19,20)21/h4-8,11,22H,9-10H2,1-3H3/p+1. The largest absolute Gasteiger partial charge is 0.435 e. The van der Waals surface area contributed by atoms with E-state index in [0.29, 0.717) is 23.6 Å². The van der Waals surface area contributed by atoms with Gasteiger partial charge in [0.05, 0.1) is 32.7 Å². The topological polar surface area (TPSA) is 46.7 Å². The monoisotopic (exact) mass is 364 g/mol. The summed E-state index contributed by atoms with van der Waals surface area (Å²) in [4.78, 5) is 5.58. The zero-order valence-corrected chi connectivity index (χ0v) is 14.9. The SMILES string of the molecule is Cc1cc(NCC[NH+](C)C)n2nc(C(F)(F)F)c(-c3ccccc3)c2n1. The maximum Gasteiger partial charge on any atom is 0.435 e. The van der Waals surface area contributed by atoms with Crippen molar-refractivity contribution < 1.29 is 18.1 Å². The number of quaternary nitrogens is 1. The van der Waals surface area contributed by atoms with Gasteiger partial charge in [0.15, 0.2) is 11.3 Å². The highest BCUT2D eigenvalue weighted by molar-refractivity contribution is 5.81. The molecule has 0 atom stereocenters. The fourth-order valence-corrected chi connectivity index (χ4v) is 2.77. The lowest BCUT2D eigenvalue weighted by molar-refractivity contribution is -0.856.